The van der Waals surface area contributed by atoms with E-state index in [0.717, 1.165) is 19.5 Å². The maximum atomic E-state index is 12.2. The zero-order chi connectivity index (χ0) is 15.8. The molecule has 23 heavy (non-hydrogen) atoms. The maximum absolute atomic E-state index is 12.2. The number of ether oxygens (including phenoxy) is 1. The summed E-state index contributed by atoms with van der Waals surface area (Å²) in [5, 5.41) is 0. The molecule has 0 unspecified atom stereocenters. The van der Waals surface area contributed by atoms with Crippen molar-refractivity contribution in [2.24, 2.45) is 0 Å². The number of hydrogen-bond donors (Lipinski definition) is 0. The number of fused-ring (bicyclic) bond motifs is 1. The molecule has 1 fully saturated rings. The van der Waals surface area contributed by atoms with Crippen molar-refractivity contribution in [2.75, 3.05) is 6.54 Å². The molecule has 0 bridgehead atoms. The van der Waals surface area contributed by atoms with Gasteiger partial charge < -0.3 is 4.74 Å². The average Bonchev–Trinajstić information content (AvgIpc) is 2.93. The monoisotopic (exact) mass is 307 g/mol. The number of carbonyl (C=O) groups excluding carboxylic acids is 1. The number of esters is 1. The number of hydrogen-bond acceptors (Lipinski definition) is 3. The van der Waals surface area contributed by atoms with Crippen molar-refractivity contribution in [1.29, 1.82) is 0 Å². The summed E-state index contributed by atoms with van der Waals surface area (Å²) < 4.78 is 5.38. The second-order valence-corrected chi connectivity index (χ2v) is 6.59. The summed E-state index contributed by atoms with van der Waals surface area (Å²) in [6.45, 7) is 3.67. The highest BCUT2D eigenvalue weighted by molar-refractivity contribution is 5.78. The van der Waals surface area contributed by atoms with E-state index in [-0.39, 0.29) is 18.1 Å². The molecule has 0 radical (unpaired) electrons. The van der Waals surface area contributed by atoms with Crippen LogP contribution in [-0.2, 0) is 16.1 Å². The molecule has 0 amide bonds. The lowest BCUT2D eigenvalue weighted by atomic mass is 9.84. The van der Waals surface area contributed by atoms with Gasteiger partial charge in [-0.15, -0.1) is 0 Å². The Hall–Kier alpha value is -2.13. The van der Waals surface area contributed by atoms with Gasteiger partial charge in [-0.25, -0.2) is 0 Å². The maximum Gasteiger partial charge on any atom is 0.323 e. The van der Waals surface area contributed by atoms with E-state index in [4.69, 9.17) is 4.74 Å². The Morgan fingerprint density at radius 2 is 1.78 bits per heavy atom. The van der Waals surface area contributed by atoms with Gasteiger partial charge in [-0.05, 0) is 23.6 Å². The Morgan fingerprint density at radius 3 is 2.52 bits per heavy atom. The number of nitrogens with zero attached hydrogens (tertiary/aromatic N) is 1. The van der Waals surface area contributed by atoms with Gasteiger partial charge in [-0.3, -0.25) is 9.69 Å². The van der Waals surface area contributed by atoms with Gasteiger partial charge in [0.05, 0.1) is 0 Å². The highest BCUT2D eigenvalue weighted by Gasteiger charge is 2.39. The molecule has 0 aliphatic carbocycles. The Bertz CT molecular complexity index is 713. The molecule has 0 spiro atoms. The van der Waals surface area contributed by atoms with Crippen LogP contribution in [0, 0.1) is 0 Å². The van der Waals surface area contributed by atoms with Gasteiger partial charge in [-0.1, -0.05) is 54.6 Å². The second-order valence-electron chi connectivity index (χ2n) is 6.59. The lowest BCUT2D eigenvalue weighted by molar-refractivity contribution is -0.145. The van der Waals surface area contributed by atoms with Crippen LogP contribution in [0.15, 0.2) is 54.6 Å². The fourth-order valence-corrected chi connectivity index (χ4v) is 3.88. The van der Waals surface area contributed by atoms with E-state index in [9.17, 15) is 4.79 Å². The second kappa shape index (κ2) is 5.82. The van der Waals surface area contributed by atoms with Gasteiger partial charge in [0.2, 0.25) is 0 Å². The molecular formula is C20H21NO2. The van der Waals surface area contributed by atoms with Crippen LogP contribution >= 0.6 is 0 Å². The summed E-state index contributed by atoms with van der Waals surface area (Å²) in [5.41, 5.74) is 4.01. The van der Waals surface area contributed by atoms with Crippen LogP contribution in [0.25, 0.3) is 0 Å². The van der Waals surface area contributed by atoms with Crippen LogP contribution < -0.4 is 0 Å². The minimum absolute atomic E-state index is 0.0276. The highest BCUT2D eigenvalue weighted by Crippen LogP contribution is 2.36. The van der Waals surface area contributed by atoms with Crippen molar-refractivity contribution in [2.45, 2.75) is 38.0 Å². The molecule has 2 heterocycles. The van der Waals surface area contributed by atoms with Gasteiger partial charge in [-0.2, -0.15) is 0 Å². The largest absolute Gasteiger partial charge is 0.461 e. The molecule has 2 aromatic rings. The lowest BCUT2D eigenvalue weighted by Crippen LogP contribution is -2.43. The zero-order valence-corrected chi connectivity index (χ0v) is 13.3. The molecule has 2 aliphatic heterocycles. The first-order valence-corrected chi connectivity index (χ1v) is 8.29. The van der Waals surface area contributed by atoms with Crippen LogP contribution in [0.3, 0.4) is 0 Å². The third kappa shape index (κ3) is 2.66. The van der Waals surface area contributed by atoms with Crippen LogP contribution in [-0.4, -0.2) is 29.6 Å². The molecule has 3 heteroatoms. The Balaban J connectivity index is 1.70. The third-order valence-electron chi connectivity index (χ3n) is 5.01. The third-order valence-corrected chi connectivity index (χ3v) is 5.01. The van der Waals surface area contributed by atoms with Crippen molar-refractivity contribution in [3.8, 4) is 0 Å². The van der Waals surface area contributed by atoms with E-state index < -0.39 is 0 Å². The van der Waals surface area contributed by atoms with Gasteiger partial charge in [0.15, 0.2) is 0 Å². The highest BCUT2D eigenvalue weighted by atomic mass is 16.6. The number of carbonyl (C=O) groups is 1. The summed E-state index contributed by atoms with van der Waals surface area (Å²) in [7, 11) is 0. The lowest BCUT2D eigenvalue weighted by Gasteiger charge is -2.37. The van der Waals surface area contributed by atoms with Crippen LogP contribution in [0.1, 0.15) is 36.0 Å². The molecule has 4 rings (SSSR count). The number of benzene rings is 2. The predicted molar refractivity (Wildman–Crippen MR) is 89.1 cm³/mol. The van der Waals surface area contributed by atoms with Crippen molar-refractivity contribution in [1.82, 2.24) is 4.90 Å². The molecule has 118 valence electrons. The van der Waals surface area contributed by atoms with Gasteiger partial charge >= 0.3 is 5.97 Å². The summed E-state index contributed by atoms with van der Waals surface area (Å²) in [6, 6.07) is 19.1. The SMILES string of the molecule is C[C@@H]1C[C@@H](N2Cc3ccccc3[C@H](c3ccccc3)C2)C(=O)O1. The molecule has 1 saturated heterocycles. The predicted octanol–water partition coefficient (Wildman–Crippen LogP) is 3.34. The molecule has 2 aliphatic rings. The standard InChI is InChI=1S/C20H21NO2/c1-14-11-19(20(22)23-14)21-12-16-9-5-6-10-17(16)18(13-21)15-7-3-2-4-8-15/h2-10,14,18-19H,11-13H2,1H3/t14-,18+,19-/m1/s1. The van der Waals surface area contributed by atoms with Crippen molar-refractivity contribution >= 4 is 5.97 Å². The first-order valence-electron chi connectivity index (χ1n) is 8.29. The summed E-state index contributed by atoms with van der Waals surface area (Å²) in [5.74, 6) is 0.244. The van der Waals surface area contributed by atoms with Gasteiger partial charge in [0, 0.05) is 25.4 Å². The topological polar surface area (TPSA) is 29.5 Å². The van der Waals surface area contributed by atoms with Crippen LogP contribution in [0.2, 0.25) is 0 Å². The van der Waals surface area contributed by atoms with Crippen molar-refractivity contribution < 1.29 is 9.53 Å². The van der Waals surface area contributed by atoms with Gasteiger partial charge in [0.25, 0.3) is 0 Å². The summed E-state index contributed by atoms with van der Waals surface area (Å²) in [6.07, 6.45) is 0.822. The molecule has 2 aromatic carbocycles. The van der Waals surface area contributed by atoms with E-state index in [1.165, 1.54) is 16.7 Å². The first kappa shape index (κ1) is 14.5. The van der Waals surface area contributed by atoms with Crippen molar-refractivity contribution in [3.63, 3.8) is 0 Å². The summed E-state index contributed by atoms with van der Waals surface area (Å²) in [4.78, 5) is 14.5. The van der Waals surface area contributed by atoms with Gasteiger partial charge in [0.1, 0.15) is 12.1 Å². The fraction of sp³-hybridized carbons (Fsp3) is 0.350. The van der Waals surface area contributed by atoms with Crippen molar-refractivity contribution in [3.05, 3.63) is 71.3 Å². The fourth-order valence-electron chi connectivity index (χ4n) is 3.88. The minimum Gasteiger partial charge on any atom is -0.461 e. The Morgan fingerprint density at radius 1 is 1.04 bits per heavy atom. The van der Waals surface area contributed by atoms with Crippen LogP contribution in [0.4, 0.5) is 0 Å². The quantitative estimate of drug-likeness (QED) is 0.797. The van der Waals surface area contributed by atoms with E-state index in [1.807, 2.05) is 13.0 Å². The normalized spacial score (nSPS) is 27.5. The van der Waals surface area contributed by atoms with Crippen LogP contribution in [0.5, 0.6) is 0 Å². The number of rotatable bonds is 2. The van der Waals surface area contributed by atoms with E-state index in [1.54, 1.807) is 0 Å². The molecule has 3 atom stereocenters. The molecule has 0 N–H and O–H groups in total. The smallest absolute Gasteiger partial charge is 0.323 e. The van der Waals surface area contributed by atoms with E-state index in [2.05, 4.69) is 53.4 Å². The zero-order valence-electron chi connectivity index (χ0n) is 13.3. The molecule has 0 aromatic heterocycles. The number of cyclic esters (lactones) is 1. The minimum atomic E-state index is -0.107. The first-order chi connectivity index (χ1) is 11.2. The Labute approximate surface area is 136 Å². The molecule has 0 saturated carbocycles. The Kier molecular flexibility index (Phi) is 3.66. The average molecular weight is 307 g/mol. The molecular weight excluding hydrogens is 286 g/mol. The summed E-state index contributed by atoms with van der Waals surface area (Å²) >= 11 is 0. The van der Waals surface area contributed by atoms with E-state index in [0.29, 0.717) is 5.92 Å². The van der Waals surface area contributed by atoms with E-state index >= 15 is 0 Å². The molecule has 3 nitrogen and oxygen atoms in total.